The van der Waals surface area contributed by atoms with Crippen LogP contribution in [-0.4, -0.2) is 45.1 Å². The quantitative estimate of drug-likeness (QED) is 0.329. The van der Waals surface area contributed by atoms with Crippen molar-refractivity contribution in [3.8, 4) is 17.5 Å². The first kappa shape index (κ1) is 24.5. The Morgan fingerprint density at radius 1 is 1.05 bits per heavy atom. The minimum Gasteiger partial charge on any atom is -0.381 e. The van der Waals surface area contributed by atoms with Crippen molar-refractivity contribution in [1.29, 1.82) is 0 Å². The van der Waals surface area contributed by atoms with Crippen LogP contribution in [0.25, 0.3) is 22.1 Å². The summed E-state index contributed by atoms with van der Waals surface area (Å²) in [5.74, 6) is 5.93. The summed E-state index contributed by atoms with van der Waals surface area (Å²) in [6, 6.07) is 15.5. The van der Waals surface area contributed by atoms with E-state index in [1.54, 1.807) is 54.2 Å². The number of aryl methyl sites for hydroxylation is 1. The van der Waals surface area contributed by atoms with Gasteiger partial charge in [-0.15, -0.1) is 14.8 Å². The number of para-hydroxylation sites is 1. The van der Waals surface area contributed by atoms with Crippen molar-refractivity contribution in [2.75, 3.05) is 5.73 Å². The van der Waals surface area contributed by atoms with Crippen LogP contribution in [0.2, 0.25) is 0 Å². The van der Waals surface area contributed by atoms with E-state index in [0.29, 0.717) is 39.2 Å². The predicted molar refractivity (Wildman–Crippen MR) is 148 cm³/mol. The highest BCUT2D eigenvalue weighted by atomic mass is 16.2. The third-order valence-corrected chi connectivity index (χ3v) is 6.29. The number of hydrogen-bond acceptors (Lipinski definition) is 8. The van der Waals surface area contributed by atoms with Gasteiger partial charge in [-0.1, -0.05) is 30.2 Å². The van der Waals surface area contributed by atoms with Crippen molar-refractivity contribution in [2.45, 2.75) is 13.0 Å². The number of nitrogens with zero attached hydrogens (tertiary/aromatic N) is 8. The Bertz CT molecular complexity index is 2030. The molecule has 0 fully saturated rings. The van der Waals surface area contributed by atoms with E-state index >= 15 is 0 Å². The van der Waals surface area contributed by atoms with E-state index in [1.165, 1.54) is 21.7 Å². The van der Waals surface area contributed by atoms with E-state index in [9.17, 15) is 9.59 Å². The number of carbonyl (C=O) groups is 1. The van der Waals surface area contributed by atoms with Crippen LogP contribution in [0, 0.1) is 11.8 Å². The first-order valence-corrected chi connectivity index (χ1v) is 12.3. The largest absolute Gasteiger partial charge is 0.381 e. The second-order valence-electron chi connectivity index (χ2n) is 9.01. The van der Waals surface area contributed by atoms with Gasteiger partial charge in [0, 0.05) is 18.8 Å². The molecule has 196 valence electrons. The van der Waals surface area contributed by atoms with Gasteiger partial charge in [0.05, 0.1) is 28.8 Å². The second-order valence-corrected chi connectivity index (χ2v) is 9.01. The first-order chi connectivity index (χ1) is 19.4. The molecule has 0 aliphatic carbocycles. The average molecular weight is 531 g/mol. The van der Waals surface area contributed by atoms with Crippen LogP contribution in [0.5, 0.6) is 0 Å². The molecule has 0 aliphatic rings. The maximum absolute atomic E-state index is 14.1. The molecule has 0 radical (unpaired) electrons. The average Bonchev–Trinajstić information content (AvgIpc) is 3.53. The molecule has 1 amide bonds. The van der Waals surface area contributed by atoms with Gasteiger partial charge in [0.1, 0.15) is 28.9 Å². The zero-order chi connectivity index (χ0) is 27.8. The number of nitrogens with two attached hydrogens (primary N) is 1. The summed E-state index contributed by atoms with van der Waals surface area (Å²) in [6.45, 7) is 1.74. The lowest BCUT2D eigenvalue weighted by Gasteiger charge is -2.20. The van der Waals surface area contributed by atoms with Crippen molar-refractivity contribution in [1.82, 2.24) is 44.5 Å². The Labute approximate surface area is 227 Å². The summed E-state index contributed by atoms with van der Waals surface area (Å²) >= 11 is 0. The predicted octanol–water partition coefficient (Wildman–Crippen LogP) is 2.03. The SMILES string of the molecule is C[C@H](NC(=O)c1c(N)nn2ncncc12)c1nc2cccc(C#Cc3ccn(C)n3)c2c(=O)n1-c1ccccc1. The Hall–Kier alpha value is -5.83. The molecule has 0 aliphatic heterocycles. The van der Waals surface area contributed by atoms with Crippen LogP contribution in [0.3, 0.4) is 0 Å². The fourth-order valence-corrected chi connectivity index (χ4v) is 4.47. The van der Waals surface area contributed by atoms with Crippen LogP contribution in [-0.2, 0) is 7.05 Å². The number of nitrogens with one attached hydrogen (secondary N) is 1. The van der Waals surface area contributed by atoms with Crippen molar-refractivity contribution in [2.24, 2.45) is 7.05 Å². The molecule has 0 spiro atoms. The Balaban J connectivity index is 1.48. The fourth-order valence-electron chi connectivity index (χ4n) is 4.47. The summed E-state index contributed by atoms with van der Waals surface area (Å²) in [4.78, 5) is 36.3. The molecule has 6 aromatic rings. The monoisotopic (exact) mass is 530 g/mol. The highest BCUT2D eigenvalue weighted by molar-refractivity contribution is 6.05. The third kappa shape index (κ3) is 4.31. The topological polar surface area (TPSA) is 151 Å². The Morgan fingerprint density at radius 2 is 1.88 bits per heavy atom. The molecule has 3 N–H and O–H groups in total. The standard InChI is InChI=1S/C28H22N10O2/c1-17(32-27(39)24-22-15-30-16-31-38(22)35-25(24)29)26-33-21-10-6-7-18(11-12-19-13-14-36(2)34-19)23(21)28(40)37(26)20-8-4-3-5-9-20/h3-10,13-17H,1-2H3,(H2,29,35)(H,32,39)/t17-/m0/s1. The normalized spacial score (nSPS) is 11.8. The van der Waals surface area contributed by atoms with Gasteiger partial charge in [0.2, 0.25) is 0 Å². The summed E-state index contributed by atoms with van der Waals surface area (Å²) < 4.78 is 4.39. The van der Waals surface area contributed by atoms with Gasteiger partial charge in [-0.2, -0.15) is 5.10 Å². The number of anilines is 1. The first-order valence-electron chi connectivity index (χ1n) is 12.3. The van der Waals surface area contributed by atoms with Crippen molar-refractivity contribution in [3.05, 3.63) is 106 Å². The minimum absolute atomic E-state index is 0.00763. The van der Waals surface area contributed by atoms with Gasteiger partial charge in [-0.05, 0) is 43.2 Å². The molecule has 40 heavy (non-hydrogen) atoms. The lowest BCUT2D eigenvalue weighted by molar-refractivity contribution is 0.0940. The second kappa shape index (κ2) is 9.80. The zero-order valence-electron chi connectivity index (χ0n) is 21.5. The highest BCUT2D eigenvalue weighted by Gasteiger charge is 2.24. The lowest BCUT2D eigenvalue weighted by atomic mass is 10.1. The van der Waals surface area contributed by atoms with Crippen molar-refractivity contribution >= 4 is 28.1 Å². The molecule has 6 rings (SSSR count). The van der Waals surface area contributed by atoms with Gasteiger partial charge in [0.25, 0.3) is 11.5 Å². The number of benzene rings is 2. The van der Waals surface area contributed by atoms with E-state index in [-0.39, 0.29) is 16.9 Å². The fraction of sp³-hybridized carbons (Fsp3) is 0.107. The van der Waals surface area contributed by atoms with Crippen LogP contribution < -0.4 is 16.6 Å². The number of rotatable bonds is 4. The molecule has 4 aromatic heterocycles. The molecule has 0 bridgehead atoms. The number of amides is 1. The van der Waals surface area contributed by atoms with Crippen molar-refractivity contribution < 1.29 is 4.79 Å². The summed E-state index contributed by atoms with van der Waals surface area (Å²) in [6.07, 6.45) is 4.56. The maximum atomic E-state index is 14.1. The van der Waals surface area contributed by atoms with Gasteiger partial charge in [0.15, 0.2) is 5.82 Å². The lowest BCUT2D eigenvalue weighted by Crippen LogP contribution is -2.33. The minimum atomic E-state index is -0.702. The van der Waals surface area contributed by atoms with Crippen LogP contribution in [0.1, 0.15) is 40.4 Å². The molecule has 2 aromatic carbocycles. The van der Waals surface area contributed by atoms with Gasteiger partial charge in [-0.25, -0.2) is 9.97 Å². The highest BCUT2D eigenvalue weighted by Crippen LogP contribution is 2.22. The summed E-state index contributed by atoms with van der Waals surface area (Å²) in [5, 5.41) is 15.6. The van der Waals surface area contributed by atoms with Crippen LogP contribution in [0.15, 0.2) is 78.1 Å². The molecule has 0 saturated heterocycles. The van der Waals surface area contributed by atoms with E-state index in [0.717, 1.165) is 0 Å². The van der Waals surface area contributed by atoms with E-state index < -0.39 is 11.9 Å². The molecular formula is C28H22N10O2. The molecule has 12 nitrogen and oxygen atoms in total. The summed E-state index contributed by atoms with van der Waals surface area (Å²) in [5.41, 5.74) is 8.34. The number of hydrogen-bond donors (Lipinski definition) is 2. The zero-order valence-corrected chi connectivity index (χ0v) is 21.5. The summed E-state index contributed by atoms with van der Waals surface area (Å²) in [7, 11) is 1.81. The van der Waals surface area contributed by atoms with Crippen LogP contribution >= 0.6 is 0 Å². The maximum Gasteiger partial charge on any atom is 0.267 e. The molecule has 4 heterocycles. The Kier molecular flexibility index (Phi) is 6.01. The van der Waals surface area contributed by atoms with Gasteiger partial charge < -0.3 is 11.1 Å². The Morgan fingerprint density at radius 3 is 2.65 bits per heavy atom. The number of fused-ring (bicyclic) bond motifs is 2. The number of carbonyl (C=O) groups excluding carboxylic acids is 1. The van der Waals surface area contributed by atoms with E-state index in [4.69, 9.17) is 10.7 Å². The molecule has 1 atom stereocenters. The number of nitrogen functional groups attached to an aromatic ring is 1. The van der Waals surface area contributed by atoms with E-state index in [2.05, 4.69) is 37.4 Å². The van der Waals surface area contributed by atoms with Crippen LogP contribution in [0.4, 0.5) is 5.82 Å². The smallest absolute Gasteiger partial charge is 0.267 e. The van der Waals surface area contributed by atoms with Crippen molar-refractivity contribution in [3.63, 3.8) is 0 Å². The third-order valence-electron chi connectivity index (χ3n) is 6.29. The number of aromatic nitrogens is 8. The van der Waals surface area contributed by atoms with Gasteiger partial charge in [-0.3, -0.25) is 18.8 Å². The molecule has 0 saturated carbocycles. The van der Waals surface area contributed by atoms with Gasteiger partial charge >= 0.3 is 0 Å². The molecule has 0 unspecified atom stereocenters. The molecular weight excluding hydrogens is 508 g/mol. The van der Waals surface area contributed by atoms with E-state index in [1.807, 2.05) is 25.2 Å². The molecule has 12 heteroatoms.